The second-order valence-corrected chi connectivity index (χ2v) is 6.89. The van der Waals surface area contributed by atoms with Crippen LogP contribution in [0.25, 0.3) is 11.1 Å². The highest BCUT2D eigenvalue weighted by Crippen LogP contribution is 2.40. The molecule has 0 bridgehead atoms. The average Bonchev–Trinajstić information content (AvgIpc) is 2.63. The molecule has 19 heavy (non-hydrogen) atoms. The smallest absolute Gasteiger partial charge is 0.408 e. The Morgan fingerprint density at radius 3 is 2.63 bits per heavy atom. The topological polar surface area (TPSA) is 35.1 Å². The van der Waals surface area contributed by atoms with Crippen molar-refractivity contribution in [1.82, 2.24) is 4.57 Å². The molecule has 104 valence electrons. The monoisotopic (exact) mass is 325 g/mol. The first kappa shape index (κ1) is 14.4. The third-order valence-corrected chi connectivity index (χ3v) is 5.09. The summed E-state index contributed by atoms with van der Waals surface area (Å²) in [4.78, 5) is 12.0. The summed E-state index contributed by atoms with van der Waals surface area (Å²) in [7, 11) is 0. The van der Waals surface area contributed by atoms with Crippen LogP contribution in [0.15, 0.2) is 27.4 Å². The van der Waals surface area contributed by atoms with Gasteiger partial charge in [-0.1, -0.05) is 49.7 Å². The van der Waals surface area contributed by atoms with Gasteiger partial charge in [0.1, 0.15) is 0 Å². The Hall–Kier alpha value is -1.03. The maximum Gasteiger partial charge on any atom is 0.419 e. The first-order chi connectivity index (χ1) is 8.84. The minimum atomic E-state index is -0.268. The van der Waals surface area contributed by atoms with Crippen LogP contribution >= 0.6 is 15.9 Å². The Morgan fingerprint density at radius 1 is 1.37 bits per heavy atom. The summed E-state index contributed by atoms with van der Waals surface area (Å²) < 4.78 is 7.04. The zero-order valence-corrected chi connectivity index (χ0v) is 13.5. The van der Waals surface area contributed by atoms with Crippen molar-refractivity contribution < 1.29 is 4.42 Å². The van der Waals surface area contributed by atoms with Gasteiger partial charge in [0, 0.05) is 11.4 Å². The van der Waals surface area contributed by atoms with Gasteiger partial charge in [0.05, 0.1) is 5.52 Å². The van der Waals surface area contributed by atoms with Crippen molar-refractivity contribution in [3.63, 3.8) is 0 Å². The van der Waals surface area contributed by atoms with Crippen molar-refractivity contribution in [1.29, 1.82) is 0 Å². The van der Waals surface area contributed by atoms with Gasteiger partial charge in [0.25, 0.3) is 0 Å². The Kier molecular flexibility index (Phi) is 3.90. The van der Waals surface area contributed by atoms with Crippen molar-refractivity contribution in [3.8, 4) is 0 Å². The lowest BCUT2D eigenvalue weighted by Gasteiger charge is -2.25. The van der Waals surface area contributed by atoms with E-state index in [1.807, 2.05) is 19.1 Å². The second-order valence-electron chi connectivity index (χ2n) is 5.98. The van der Waals surface area contributed by atoms with Crippen LogP contribution in [0.1, 0.15) is 44.5 Å². The van der Waals surface area contributed by atoms with E-state index in [9.17, 15) is 4.79 Å². The number of alkyl halides is 1. The molecular formula is C15H20BrNO2. The molecule has 0 aliphatic rings. The van der Waals surface area contributed by atoms with Gasteiger partial charge in [-0.05, 0) is 29.5 Å². The van der Waals surface area contributed by atoms with Crippen molar-refractivity contribution in [2.75, 3.05) is 0 Å². The molecule has 3 nitrogen and oxygen atoms in total. The Bertz CT molecular complexity index is 634. The first-order valence-corrected chi connectivity index (χ1v) is 7.53. The lowest BCUT2D eigenvalue weighted by atomic mass is 9.88. The number of hydrogen-bond donors (Lipinski definition) is 0. The number of benzene rings is 1. The summed E-state index contributed by atoms with van der Waals surface area (Å²) in [5, 5.41) is 0. The van der Waals surface area contributed by atoms with E-state index in [1.165, 1.54) is 0 Å². The quantitative estimate of drug-likeness (QED) is 0.779. The van der Waals surface area contributed by atoms with Gasteiger partial charge in [-0.3, -0.25) is 4.57 Å². The number of fused-ring (bicyclic) bond motifs is 1. The molecule has 0 amide bonds. The molecule has 1 aromatic carbocycles. The maximum atomic E-state index is 11.8. The molecule has 1 aromatic heterocycles. The number of aromatic nitrogens is 1. The maximum absolute atomic E-state index is 11.8. The molecule has 0 saturated carbocycles. The highest BCUT2D eigenvalue weighted by atomic mass is 79.9. The third kappa shape index (κ3) is 2.78. The molecule has 0 fully saturated rings. The zero-order chi connectivity index (χ0) is 14.2. The SMILES string of the molecule is CCCn1c(=O)oc2cc(C(Br)C(C)(C)C)ccc21. The van der Waals surface area contributed by atoms with Crippen molar-refractivity contribution >= 4 is 27.0 Å². The highest BCUT2D eigenvalue weighted by molar-refractivity contribution is 9.09. The van der Waals surface area contributed by atoms with E-state index in [4.69, 9.17) is 4.42 Å². The van der Waals surface area contributed by atoms with Gasteiger partial charge in [0.2, 0.25) is 0 Å². The molecule has 2 aromatic rings. The summed E-state index contributed by atoms with van der Waals surface area (Å²) >= 11 is 3.72. The number of oxazole rings is 1. The normalized spacial score (nSPS) is 13.9. The van der Waals surface area contributed by atoms with E-state index in [1.54, 1.807) is 4.57 Å². The van der Waals surface area contributed by atoms with Gasteiger partial charge >= 0.3 is 5.76 Å². The van der Waals surface area contributed by atoms with Crippen LogP contribution in [0.3, 0.4) is 0 Å². The fourth-order valence-corrected chi connectivity index (χ4v) is 2.46. The molecule has 0 N–H and O–H groups in total. The first-order valence-electron chi connectivity index (χ1n) is 6.62. The van der Waals surface area contributed by atoms with E-state index in [2.05, 4.69) is 42.8 Å². The molecule has 1 heterocycles. The van der Waals surface area contributed by atoms with Gasteiger partial charge in [-0.15, -0.1) is 0 Å². The standard InChI is InChI=1S/C15H20BrNO2/c1-5-8-17-11-7-6-10(13(16)15(2,3)4)9-12(11)19-14(17)18/h6-7,9,13H,5,8H2,1-4H3. The predicted molar refractivity (Wildman–Crippen MR) is 81.9 cm³/mol. The Morgan fingerprint density at radius 2 is 2.05 bits per heavy atom. The molecule has 0 spiro atoms. The van der Waals surface area contributed by atoms with Crippen LogP contribution in [-0.4, -0.2) is 4.57 Å². The van der Waals surface area contributed by atoms with E-state index in [0.717, 1.165) is 17.5 Å². The number of halogens is 1. The van der Waals surface area contributed by atoms with Crippen molar-refractivity contribution in [2.24, 2.45) is 5.41 Å². The lowest BCUT2D eigenvalue weighted by molar-refractivity contribution is 0.407. The van der Waals surface area contributed by atoms with Crippen LogP contribution in [0.5, 0.6) is 0 Å². The molecule has 0 saturated heterocycles. The fraction of sp³-hybridized carbons (Fsp3) is 0.533. The zero-order valence-electron chi connectivity index (χ0n) is 11.9. The molecule has 1 atom stereocenters. The molecule has 0 aliphatic carbocycles. The van der Waals surface area contributed by atoms with E-state index in [-0.39, 0.29) is 16.0 Å². The summed E-state index contributed by atoms with van der Waals surface area (Å²) in [6, 6.07) is 6.01. The highest BCUT2D eigenvalue weighted by Gasteiger charge is 2.24. The number of nitrogens with zero attached hydrogens (tertiary/aromatic N) is 1. The van der Waals surface area contributed by atoms with Crippen LogP contribution in [0.4, 0.5) is 0 Å². The minimum Gasteiger partial charge on any atom is -0.408 e. The Labute approximate surface area is 121 Å². The number of hydrogen-bond acceptors (Lipinski definition) is 2. The molecular weight excluding hydrogens is 306 g/mol. The van der Waals surface area contributed by atoms with Crippen molar-refractivity contribution in [2.45, 2.75) is 45.5 Å². The van der Waals surface area contributed by atoms with Crippen LogP contribution < -0.4 is 5.76 Å². The Balaban J connectivity index is 2.51. The van der Waals surface area contributed by atoms with Crippen molar-refractivity contribution in [3.05, 3.63) is 34.3 Å². The largest absolute Gasteiger partial charge is 0.419 e. The van der Waals surface area contributed by atoms with Crippen LogP contribution in [0.2, 0.25) is 0 Å². The number of aryl methyl sites for hydroxylation is 1. The molecule has 4 heteroatoms. The van der Waals surface area contributed by atoms with Crippen LogP contribution in [-0.2, 0) is 6.54 Å². The summed E-state index contributed by atoms with van der Waals surface area (Å²) in [6.45, 7) is 9.27. The molecule has 0 aliphatic heterocycles. The average molecular weight is 326 g/mol. The van der Waals surface area contributed by atoms with Gasteiger partial charge < -0.3 is 4.42 Å². The van der Waals surface area contributed by atoms with Gasteiger partial charge in [0.15, 0.2) is 5.58 Å². The molecule has 2 rings (SSSR count). The molecule has 0 radical (unpaired) electrons. The van der Waals surface area contributed by atoms with Gasteiger partial charge in [-0.2, -0.15) is 0 Å². The fourth-order valence-electron chi connectivity index (χ4n) is 2.18. The predicted octanol–water partition coefficient (Wildman–Crippen LogP) is 4.49. The van der Waals surface area contributed by atoms with Crippen LogP contribution in [0, 0.1) is 5.41 Å². The molecule has 1 unspecified atom stereocenters. The van der Waals surface area contributed by atoms with E-state index < -0.39 is 0 Å². The summed E-state index contributed by atoms with van der Waals surface area (Å²) in [5.74, 6) is -0.268. The van der Waals surface area contributed by atoms with E-state index in [0.29, 0.717) is 12.1 Å². The minimum absolute atomic E-state index is 0.111. The summed E-state index contributed by atoms with van der Waals surface area (Å²) in [6.07, 6.45) is 0.916. The lowest BCUT2D eigenvalue weighted by Crippen LogP contribution is -2.13. The third-order valence-electron chi connectivity index (χ3n) is 3.19. The van der Waals surface area contributed by atoms with E-state index >= 15 is 0 Å². The second kappa shape index (κ2) is 5.16. The summed E-state index contributed by atoms with van der Waals surface area (Å²) in [5.41, 5.74) is 2.80. The van der Waals surface area contributed by atoms with Gasteiger partial charge in [-0.25, -0.2) is 4.79 Å². The number of rotatable bonds is 3.